The van der Waals surface area contributed by atoms with Crippen molar-refractivity contribution in [3.05, 3.63) is 0 Å². The molecule has 76 valence electrons. The molecule has 5 nitrogen and oxygen atoms in total. The van der Waals surface area contributed by atoms with E-state index in [1.807, 2.05) is 0 Å². The zero-order chi connectivity index (χ0) is 10.1. The number of hydrogen-bond donors (Lipinski definition) is 2. The van der Waals surface area contributed by atoms with Crippen LogP contribution in [0.2, 0.25) is 0 Å². The van der Waals surface area contributed by atoms with E-state index in [4.69, 9.17) is 5.11 Å². The molecule has 13 heavy (non-hydrogen) atoms. The highest BCUT2D eigenvalue weighted by molar-refractivity contribution is 7.91. The Morgan fingerprint density at radius 3 is 2.54 bits per heavy atom. The SMILES string of the molecule is O=C(O)C[C@@H](O)C1CCS(=O)(=O)C1. The first kappa shape index (κ1) is 10.5. The van der Waals surface area contributed by atoms with Crippen LogP contribution in [0.25, 0.3) is 0 Å². The van der Waals surface area contributed by atoms with Gasteiger partial charge in [0.1, 0.15) is 0 Å². The van der Waals surface area contributed by atoms with Crippen molar-refractivity contribution >= 4 is 15.8 Å². The van der Waals surface area contributed by atoms with Gasteiger partial charge in [0.15, 0.2) is 9.84 Å². The van der Waals surface area contributed by atoms with E-state index in [1.54, 1.807) is 0 Å². The molecule has 1 heterocycles. The van der Waals surface area contributed by atoms with Crippen LogP contribution in [0.5, 0.6) is 0 Å². The number of aliphatic hydroxyl groups excluding tert-OH is 1. The molecule has 1 fully saturated rings. The molecule has 6 heteroatoms. The molecule has 0 aromatic heterocycles. The van der Waals surface area contributed by atoms with E-state index in [1.165, 1.54) is 0 Å². The highest BCUT2D eigenvalue weighted by atomic mass is 32.2. The van der Waals surface area contributed by atoms with Gasteiger partial charge in [0.2, 0.25) is 0 Å². The predicted octanol–water partition coefficient (Wildman–Crippen LogP) is -0.743. The summed E-state index contributed by atoms with van der Waals surface area (Å²) in [5.74, 6) is -1.52. The quantitative estimate of drug-likeness (QED) is 0.637. The van der Waals surface area contributed by atoms with Gasteiger partial charge >= 0.3 is 5.97 Å². The molecule has 1 saturated heterocycles. The summed E-state index contributed by atoms with van der Waals surface area (Å²) in [6, 6.07) is 0. The molecule has 1 rings (SSSR count). The Balaban J connectivity index is 2.51. The van der Waals surface area contributed by atoms with Gasteiger partial charge in [-0.2, -0.15) is 0 Å². The monoisotopic (exact) mass is 208 g/mol. The lowest BCUT2D eigenvalue weighted by atomic mass is 10.00. The molecule has 0 aliphatic carbocycles. The predicted molar refractivity (Wildman–Crippen MR) is 45.0 cm³/mol. The molecule has 0 spiro atoms. The fourth-order valence-electron chi connectivity index (χ4n) is 1.47. The van der Waals surface area contributed by atoms with Crippen LogP contribution in [0.4, 0.5) is 0 Å². The van der Waals surface area contributed by atoms with E-state index < -0.39 is 27.8 Å². The summed E-state index contributed by atoms with van der Waals surface area (Å²) in [6.07, 6.45) is -1.04. The Bertz CT molecular complexity index is 294. The standard InChI is InChI=1S/C7H12O5S/c8-6(3-7(9)10)5-1-2-13(11,12)4-5/h5-6,8H,1-4H2,(H,9,10)/t5?,6-/m1/s1. The second kappa shape index (κ2) is 3.63. The molecular weight excluding hydrogens is 196 g/mol. The van der Waals surface area contributed by atoms with E-state index in [2.05, 4.69) is 0 Å². The van der Waals surface area contributed by atoms with Gasteiger partial charge in [0.25, 0.3) is 0 Å². The second-order valence-electron chi connectivity index (χ2n) is 3.33. The molecule has 1 aliphatic rings. The Kier molecular flexibility index (Phi) is 2.92. The topological polar surface area (TPSA) is 91.7 Å². The van der Waals surface area contributed by atoms with Gasteiger partial charge in [-0.3, -0.25) is 4.79 Å². The molecule has 0 aromatic rings. The van der Waals surface area contributed by atoms with Crippen LogP contribution in [0.3, 0.4) is 0 Å². The van der Waals surface area contributed by atoms with Crippen LogP contribution in [-0.2, 0) is 14.6 Å². The fourth-order valence-corrected chi connectivity index (χ4v) is 3.34. The Morgan fingerprint density at radius 1 is 1.54 bits per heavy atom. The van der Waals surface area contributed by atoms with Crippen LogP contribution in [0.15, 0.2) is 0 Å². The number of aliphatic carboxylic acids is 1. The van der Waals surface area contributed by atoms with Gasteiger partial charge in [-0.25, -0.2) is 8.42 Å². The van der Waals surface area contributed by atoms with Crippen molar-refractivity contribution < 1.29 is 23.4 Å². The van der Waals surface area contributed by atoms with Crippen LogP contribution in [0.1, 0.15) is 12.8 Å². The fraction of sp³-hybridized carbons (Fsp3) is 0.857. The van der Waals surface area contributed by atoms with Crippen molar-refractivity contribution in [2.75, 3.05) is 11.5 Å². The zero-order valence-corrected chi connectivity index (χ0v) is 7.83. The highest BCUT2D eigenvalue weighted by Gasteiger charge is 2.33. The summed E-state index contributed by atoms with van der Waals surface area (Å²) >= 11 is 0. The first-order valence-corrected chi connectivity index (χ1v) is 5.83. The van der Waals surface area contributed by atoms with Crippen molar-refractivity contribution in [2.24, 2.45) is 5.92 Å². The van der Waals surface area contributed by atoms with Crippen molar-refractivity contribution in [1.82, 2.24) is 0 Å². The molecule has 2 atom stereocenters. The van der Waals surface area contributed by atoms with E-state index >= 15 is 0 Å². The van der Waals surface area contributed by atoms with Crippen molar-refractivity contribution in [2.45, 2.75) is 18.9 Å². The molecule has 0 amide bonds. The van der Waals surface area contributed by atoms with Crippen molar-refractivity contribution in [3.8, 4) is 0 Å². The molecular formula is C7H12O5S. The first-order chi connectivity index (χ1) is 5.91. The molecule has 1 unspecified atom stereocenters. The summed E-state index contributed by atoms with van der Waals surface area (Å²) in [5.41, 5.74) is 0. The van der Waals surface area contributed by atoms with Gasteiger partial charge in [0.05, 0.1) is 24.0 Å². The van der Waals surface area contributed by atoms with Gasteiger partial charge in [-0.05, 0) is 6.42 Å². The van der Waals surface area contributed by atoms with Crippen LogP contribution >= 0.6 is 0 Å². The van der Waals surface area contributed by atoms with Gasteiger partial charge < -0.3 is 10.2 Å². The van der Waals surface area contributed by atoms with Crippen molar-refractivity contribution in [3.63, 3.8) is 0 Å². The van der Waals surface area contributed by atoms with Crippen LogP contribution in [0, 0.1) is 5.92 Å². The van der Waals surface area contributed by atoms with Crippen molar-refractivity contribution in [1.29, 1.82) is 0 Å². The molecule has 0 saturated carbocycles. The lowest BCUT2D eigenvalue weighted by molar-refractivity contribution is -0.139. The molecule has 0 aromatic carbocycles. The largest absolute Gasteiger partial charge is 0.481 e. The Morgan fingerprint density at radius 2 is 2.15 bits per heavy atom. The van der Waals surface area contributed by atoms with Crippen LogP contribution < -0.4 is 0 Å². The summed E-state index contributed by atoms with van der Waals surface area (Å²) < 4.78 is 21.9. The van der Waals surface area contributed by atoms with Gasteiger partial charge in [0, 0.05) is 5.92 Å². The number of carbonyl (C=O) groups is 1. The second-order valence-corrected chi connectivity index (χ2v) is 5.56. The average molecular weight is 208 g/mol. The number of aliphatic hydroxyl groups is 1. The minimum Gasteiger partial charge on any atom is -0.481 e. The third kappa shape index (κ3) is 2.96. The smallest absolute Gasteiger partial charge is 0.305 e. The first-order valence-electron chi connectivity index (χ1n) is 4.01. The maximum absolute atomic E-state index is 11.0. The Hall–Kier alpha value is -0.620. The lowest BCUT2D eigenvalue weighted by Crippen LogP contribution is -2.24. The van der Waals surface area contributed by atoms with E-state index in [0.717, 1.165) is 0 Å². The molecule has 0 bridgehead atoms. The number of hydrogen-bond acceptors (Lipinski definition) is 4. The van der Waals surface area contributed by atoms with Gasteiger partial charge in [-0.15, -0.1) is 0 Å². The summed E-state index contributed by atoms with van der Waals surface area (Å²) in [7, 11) is -3.03. The lowest BCUT2D eigenvalue weighted by Gasteiger charge is -2.13. The highest BCUT2D eigenvalue weighted by Crippen LogP contribution is 2.23. The summed E-state index contributed by atoms with van der Waals surface area (Å²) in [6.45, 7) is 0. The molecule has 2 N–H and O–H groups in total. The number of carboxylic acids is 1. The third-order valence-electron chi connectivity index (χ3n) is 2.20. The molecule has 0 radical (unpaired) electrons. The maximum Gasteiger partial charge on any atom is 0.305 e. The normalized spacial score (nSPS) is 28.5. The summed E-state index contributed by atoms with van der Waals surface area (Å²) in [4.78, 5) is 10.2. The van der Waals surface area contributed by atoms with E-state index in [0.29, 0.717) is 6.42 Å². The zero-order valence-electron chi connectivity index (χ0n) is 7.01. The number of rotatable bonds is 3. The van der Waals surface area contributed by atoms with E-state index in [-0.39, 0.29) is 17.9 Å². The van der Waals surface area contributed by atoms with Gasteiger partial charge in [-0.1, -0.05) is 0 Å². The van der Waals surface area contributed by atoms with Crippen LogP contribution in [-0.4, -0.2) is 42.2 Å². The Labute approximate surface area is 76.3 Å². The number of sulfone groups is 1. The number of carboxylic acid groups (broad SMARTS) is 1. The molecule has 1 aliphatic heterocycles. The minimum absolute atomic E-state index is 0.0638. The average Bonchev–Trinajstić information content (AvgIpc) is 2.28. The third-order valence-corrected chi connectivity index (χ3v) is 3.99. The van der Waals surface area contributed by atoms with E-state index in [9.17, 15) is 18.3 Å². The summed E-state index contributed by atoms with van der Waals surface area (Å²) in [5, 5.41) is 17.7. The maximum atomic E-state index is 11.0. The minimum atomic E-state index is -3.03.